The van der Waals surface area contributed by atoms with Gasteiger partial charge in [0.1, 0.15) is 5.67 Å². The first-order valence-corrected chi connectivity index (χ1v) is 2.39. The summed E-state index contributed by atoms with van der Waals surface area (Å²) in [7, 11) is 0. The number of hydrogen-bond acceptors (Lipinski definition) is 1. The predicted molar refractivity (Wildman–Crippen MR) is 29.0 cm³/mol. The van der Waals surface area contributed by atoms with Crippen molar-refractivity contribution in [2.45, 2.75) is 25.9 Å². The van der Waals surface area contributed by atoms with Crippen LogP contribution in [0.25, 0.3) is 0 Å². The third kappa shape index (κ3) is 5.40. The second kappa shape index (κ2) is 2.11. The zero-order chi connectivity index (χ0) is 6.78. The first kappa shape index (κ1) is 7.40. The number of alkyl halides is 1. The Morgan fingerprint density at radius 2 is 2.12 bits per heavy atom. The highest BCUT2D eigenvalue weighted by Gasteiger charge is 2.17. The molecule has 0 spiro atoms. The van der Waals surface area contributed by atoms with E-state index in [9.17, 15) is 9.18 Å². The average molecular weight is 119 g/mol. The van der Waals surface area contributed by atoms with Gasteiger partial charge in [-0.3, -0.25) is 4.79 Å². The number of rotatable bonds is 2. The quantitative estimate of drug-likeness (QED) is 0.568. The van der Waals surface area contributed by atoms with Crippen LogP contribution in [0.4, 0.5) is 4.39 Å². The number of primary amides is 1. The van der Waals surface area contributed by atoms with Gasteiger partial charge in [-0.15, -0.1) is 0 Å². The number of amides is 1. The van der Waals surface area contributed by atoms with Crippen LogP contribution < -0.4 is 5.73 Å². The Labute approximate surface area is 47.9 Å². The highest BCUT2D eigenvalue weighted by atomic mass is 19.1. The molecule has 0 fully saturated rings. The highest BCUT2D eigenvalue weighted by Crippen LogP contribution is 2.11. The van der Waals surface area contributed by atoms with Crippen LogP contribution in [0.2, 0.25) is 0 Å². The lowest BCUT2D eigenvalue weighted by atomic mass is 10.1. The van der Waals surface area contributed by atoms with Gasteiger partial charge in [-0.05, 0) is 13.8 Å². The maximum absolute atomic E-state index is 12.3. The summed E-state index contributed by atoms with van der Waals surface area (Å²) in [5.74, 6) is -0.600. The van der Waals surface area contributed by atoms with Gasteiger partial charge in [0.25, 0.3) is 0 Å². The van der Waals surface area contributed by atoms with Crippen LogP contribution in [-0.4, -0.2) is 11.6 Å². The third-order valence-corrected chi connectivity index (χ3v) is 0.595. The van der Waals surface area contributed by atoms with Crippen molar-refractivity contribution in [2.75, 3.05) is 0 Å². The van der Waals surface area contributed by atoms with Gasteiger partial charge in [0, 0.05) is 0 Å². The van der Waals surface area contributed by atoms with E-state index in [-0.39, 0.29) is 6.42 Å². The topological polar surface area (TPSA) is 43.1 Å². The molecule has 8 heavy (non-hydrogen) atoms. The fourth-order valence-corrected chi connectivity index (χ4v) is 0.414. The van der Waals surface area contributed by atoms with E-state index in [4.69, 9.17) is 5.73 Å². The normalized spacial score (nSPS) is 11.4. The Kier molecular flexibility index (Phi) is 1.95. The van der Waals surface area contributed by atoms with Gasteiger partial charge in [-0.25, -0.2) is 4.39 Å². The SMILES string of the molecule is CC(C)(F)CC(N)=O. The predicted octanol–water partition coefficient (Wildman–Crippen LogP) is 0.610. The van der Waals surface area contributed by atoms with E-state index in [0.717, 1.165) is 0 Å². The number of carbonyl (C=O) groups excluding carboxylic acids is 1. The van der Waals surface area contributed by atoms with Crippen molar-refractivity contribution in [1.82, 2.24) is 0 Å². The van der Waals surface area contributed by atoms with Crippen LogP contribution >= 0.6 is 0 Å². The largest absolute Gasteiger partial charge is 0.370 e. The van der Waals surface area contributed by atoms with E-state index in [2.05, 4.69) is 0 Å². The summed E-state index contributed by atoms with van der Waals surface area (Å²) in [6.07, 6.45) is -0.201. The fraction of sp³-hybridized carbons (Fsp3) is 0.800. The van der Waals surface area contributed by atoms with Gasteiger partial charge < -0.3 is 5.73 Å². The van der Waals surface area contributed by atoms with Crippen LogP contribution in [0, 0.1) is 0 Å². The molecule has 0 aliphatic heterocycles. The Hall–Kier alpha value is -0.600. The number of halogens is 1. The van der Waals surface area contributed by atoms with Crippen LogP contribution in [0.3, 0.4) is 0 Å². The lowest BCUT2D eigenvalue weighted by molar-refractivity contribution is -0.120. The van der Waals surface area contributed by atoms with Gasteiger partial charge in [0.15, 0.2) is 0 Å². The summed E-state index contributed by atoms with van der Waals surface area (Å²) in [4.78, 5) is 10.00. The highest BCUT2D eigenvalue weighted by molar-refractivity contribution is 5.74. The molecule has 0 bridgehead atoms. The molecule has 0 aliphatic rings. The van der Waals surface area contributed by atoms with Crippen molar-refractivity contribution in [3.05, 3.63) is 0 Å². The molecule has 0 unspecified atom stereocenters. The van der Waals surface area contributed by atoms with Crippen molar-refractivity contribution in [3.63, 3.8) is 0 Å². The Morgan fingerprint density at radius 1 is 1.75 bits per heavy atom. The van der Waals surface area contributed by atoms with E-state index in [1.165, 1.54) is 13.8 Å². The molecular weight excluding hydrogens is 109 g/mol. The molecule has 0 heterocycles. The number of hydrogen-bond donors (Lipinski definition) is 1. The molecular formula is C5H10FNO. The standard InChI is InChI=1S/C5H10FNO/c1-5(2,6)3-4(7)8/h3H2,1-2H3,(H2,7,8). The minimum absolute atomic E-state index is 0.201. The zero-order valence-corrected chi connectivity index (χ0v) is 5.07. The molecule has 0 aromatic carbocycles. The molecule has 2 N–H and O–H groups in total. The number of nitrogens with two attached hydrogens (primary N) is 1. The van der Waals surface area contributed by atoms with Gasteiger partial charge in [0.2, 0.25) is 5.91 Å². The van der Waals surface area contributed by atoms with Crippen LogP contribution in [0.1, 0.15) is 20.3 Å². The minimum Gasteiger partial charge on any atom is -0.370 e. The van der Waals surface area contributed by atoms with E-state index in [1.54, 1.807) is 0 Å². The maximum atomic E-state index is 12.3. The summed E-state index contributed by atoms with van der Waals surface area (Å²) < 4.78 is 12.3. The third-order valence-electron chi connectivity index (χ3n) is 0.595. The van der Waals surface area contributed by atoms with Gasteiger partial charge in [-0.2, -0.15) is 0 Å². The second-order valence-corrected chi connectivity index (χ2v) is 2.36. The molecule has 0 rings (SSSR count). The summed E-state index contributed by atoms with van der Waals surface area (Å²) in [6, 6.07) is 0. The molecule has 0 saturated carbocycles. The molecule has 0 aliphatic carbocycles. The Balaban J connectivity index is 3.55. The van der Waals surface area contributed by atoms with Crippen molar-refractivity contribution in [1.29, 1.82) is 0 Å². The molecule has 3 heteroatoms. The van der Waals surface area contributed by atoms with E-state index in [0.29, 0.717) is 0 Å². The Morgan fingerprint density at radius 3 is 2.12 bits per heavy atom. The molecule has 1 amide bonds. The molecule has 48 valence electrons. The van der Waals surface area contributed by atoms with E-state index in [1.807, 2.05) is 0 Å². The molecule has 2 nitrogen and oxygen atoms in total. The first-order chi connectivity index (χ1) is 3.42. The molecule has 0 atom stereocenters. The second-order valence-electron chi connectivity index (χ2n) is 2.36. The summed E-state index contributed by atoms with van der Waals surface area (Å²) in [6.45, 7) is 2.63. The van der Waals surface area contributed by atoms with Crippen molar-refractivity contribution >= 4 is 5.91 Å². The van der Waals surface area contributed by atoms with E-state index >= 15 is 0 Å². The molecule has 0 radical (unpaired) electrons. The lowest BCUT2D eigenvalue weighted by Crippen LogP contribution is -2.23. The fourth-order valence-electron chi connectivity index (χ4n) is 0.414. The Bertz CT molecular complexity index is 95.1. The lowest BCUT2D eigenvalue weighted by Gasteiger charge is -2.09. The smallest absolute Gasteiger partial charge is 0.220 e. The van der Waals surface area contributed by atoms with Gasteiger partial charge in [-0.1, -0.05) is 0 Å². The minimum atomic E-state index is -1.45. The monoisotopic (exact) mass is 119 g/mol. The first-order valence-electron chi connectivity index (χ1n) is 2.39. The average Bonchev–Trinajstić information content (AvgIpc) is 1.21. The van der Waals surface area contributed by atoms with E-state index < -0.39 is 11.6 Å². The molecule has 0 saturated heterocycles. The maximum Gasteiger partial charge on any atom is 0.220 e. The summed E-state index contributed by atoms with van der Waals surface area (Å²) in [5, 5.41) is 0. The summed E-state index contributed by atoms with van der Waals surface area (Å²) in [5.41, 5.74) is 3.25. The zero-order valence-electron chi connectivity index (χ0n) is 5.07. The molecule has 0 aromatic heterocycles. The van der Waals surface area contributed by atoms with Crippen LogP contribution in [0.5, 0.6) is 0 Å². The van der Waals surface area contributed by atoms with Crippen molar-refractivity contribution < 1.29 is 9.18 Å². The van der Waals surface area contributed by atoms with Gasteiger partial charge in [0.05, 0.1) is 6.42 Å². The van der Waals surface area contributed by atoms with Crippen LogP contribution in [-0.2, 0) is 4.79 Å². The number of carbonyl (C=O) groups is 1. The van der Waals surface area contributed by atoms with Crippen molar-refractivity contribution in [2.24, 2.45) is 5.73 Å². The van der Waals surface area contributed by atoms with Gasteiger partial charge >= 0.3 is 0 Å². The summed E-state index contributed by atoms with van der Waals surface area (Å²) >= 11 is 0. The van der Waals surface area contributed by atoms with Crippen molar-refractivity contribution in [3.8, 4) is 0 Å². The van der Waals surface area contributed by atoms with Crippen LogP contribution in [0.15, 0.2) is 0 Å². The molecule has 0 aromatic rings.